The molecule has 5 nitrogen and oxygen atoms in total. The molecule has 1 aromatic rings. The van der Waals surface area contributed by atoms with Gasteiger partial charge in [0.1, 0.15) is 5.82 Å². The maximum Gasteiger partial charge on any atom is 0.221 e. The minimum atomic E-state index is 0.166. The van der Waals surface area contributed by atoms with Crippen LogP contribution in [0.5, 0.6) is 0 Å². The van der Waals surface area contributed by atoms with Gasteiger partial charge in [-0.05, 0) is 18.6 Å². The largest absolute Gasteiger partial charge is 0.356 e. The van der Waals surface area contributed by atoms with Gasteiger partial charge in [0.25, 0.3) is 0 Å². The first-order valence-electron chi connectivity index (χ1n) is 7.44. The molecule has 0 spiro atoms. The summed E-state index contributed by atoms with van der Waals surface area (Å²) in [6, 6.07) is 6.01. The molecule has 1 amide bonds. The zero-order chi connectivity index (χ0) is 14.2. The Kier molecular flexibility index (Phi) is 5.80. The zero-order valence-electron chi connectivity index (χ0n) is 12.2. The molecule has 1 fully saturated rings. The normalized spacial score (nSPS) is 16.1. The van der Waals surface area contributed by atoms with Gasteiger partial charge in [0.05, 0.1) is 0 Å². The van der Waals surface area contributed by atoms with E-state index >= 15 is 0 Å². The Bertz CT molecular complexity index is 402. The minimum Gasteiger partial charge on any atom is -0.356 e. The van der Waals surface area contributed by atoms with E-state index in [1.165, 1.54) is 0 Å². The number of amides is 1. The molecule has 5 heteroatoms. The highest BCUT2D eigenvalue weighted by atomic mass is 16.1. The Labute approximate surface area is 121 Å². The number of piperazine rings is 1. The van der Waals surface area contributed by atoms with Gasteiger partial charge in [0.15, 0.2) is 0 Å². The molecule has 20 heavy (non-hydrogen) atoms. The van der Waals surface area contributed by atoms with Crippen molar-refractivity contribution < 1.29 is 4.79 Å². The van der Waals surface area contributed by atoms with Crippen molar-refractivity contribution in [2.24, 2.45) is 0 Å². The van der Waals surface area contributed by atoms with E-state index in [0.717, 1.165) is 51.5 Å². The molecule has 0 bridgehead atoms. The Morgan fingerprint density at radius 2 is 2.10 bits per heavy atom. The summed E-state index contributed by atoms with van der Waals surface area (Å²) in [5, 5.41) is 2.92. The number of carbonyl (C=O) groups is 1. The average molecular weight is 276 g/mol. The summed E-state index contributed by atoms with van der Waals surface area (Å²) in [4.78, 5) is 20.6. The van der Waals surface area contributed by atoms with Crippen molar-refractivity contribution in [3.05, 3.63) is 24.4 Å². The zero-order valence-corrected chi connectivity index (χ0v) is 12.2. The fraction of sp³-hybridized carbons (Fsp3) is 0.600. The monoisotopic (exact) mass is 276 g/mol. The number of aromatic nitrogens is 1. The van der Waals surface area contributed by atoms with Gasteiger partial charge < -0.3 is 10.2 Å². The fourth-order valence-electron chi connectivity index (χ4n) is 2.35. The Hall–Kier alpha value is -1.62. The second-order valence-corrected chi connectivity index (χ2v) is 5.12. The van der Waals surface area contributed by atoms with Gasteiger partial charge in [0, 0.05) is 51.9 Å². The van der Waals surface area contributed by atoms with Gasteiger partial charge in [-0.25, -0.2) is 4.98 Å². The van der Waals surface area contributed by atoms with Crippen LogP contribution in [0.15, 0.2) is 24.4 Å². The quantitative estimate of drug-likeness (QED) is 0.846. The van der Waals surface area contributed by atoms with Crippen molar-refractivity contribution >= 4 is 11.7 Å². The first-order valence-corrected chi connectivity index (χ1v) is 7.44. The lowest BCUT2D eigenvalue weighted by Crippen LogP contribution is -2.47. The summed E-state index contributed by atoms with van der Waals surface area (Å²) < 4.78 is 0. The van der Waals surface area contributed by atoms with Crippen molar-refractivity contribution in [3.63, 3.8) is 0 Å². The van der Waals surface area contributed by atoms with E-state index in [1.54, 1.807) is 0 Å². The molecule has 0 aromatic carbocycles. The van der Waals surface area contributed by atoms with Crippen molar-refractivity contribution in [3.8, 4) is 0 Å². The number of nitrogens with one attached hydrogen (secondary N) is 1. The molecule has 2 heterocycles. The molecular formula is C15H24N4O. The maximum absolute atomic E-state index is 11.6. The number of hydrogen-bond acceptors (Lipinski definition) is 4. The molecular weight excluding hydrogens is 252 g/mol. The van der Waals surface area contributed by atoms with Crippen LogP contribution in [0.2, 0.25) is 0 Å². The van der Waals surface area contributed by atoms with Gasteiger partial charge in [-0.1, -0.05) is 13.0 Å². The van der Waals surface area contributed by atoms with E-state index in [1.807, 2.05) is 24.4 Å². The molecule has 1 aliphatic rings. The van der Waals surface area contributed by atoms with E-state index in [0.29, 0.717) is 6.42 Å². The van der Waals surface area contributed by atoms with Crippen molar-refractivity contribution in [2.75, 3.05) is 44.2 Å². The lowest BCUT2D eigenvalue weighted by molar-refractivity contribution is -0.121. The fourth-order valence-corrected chi connectivity index (χ4v) is 2.35. The number of anilines is 1. The second kappa shape index (κ2) is 7.85. The van der Waals surface area contributed by atoms with Crippen LogP contribution in [0, 0.1) is 0 Å². The predicted octanol–water partition coefficient (Wildman–Crippen LogP) is 1.12. The maximum atomic E-state index is 11.6. The summed E-state index contributed by atoms with van der Waals surface area (Å²) in [6.07, 6.45) is 3.43. The molecule has 2 rings (SSSR count). The molecule has 0 atom stereocenters. The predicted molar refractivity (Wildman–Crippen MR) is 80.8 cm³/mol. The topological polar surface area (TPSA) is 48.5 Å². The van der Waals surface area contributed by atoms with Crippen LogP contribution in [-0.4, -0.2) is 55.1 Å². The summed E-state index contributed by atoms with van der Waals surface area (Å²) in [6.45, 7) is 7.66. The van der Waals surface area contributed by atoms with Gasteiger partial charge >= 0.3 is 0 Å². The smallest absolute Gasteiger partial charge is 0.221 e. The summed E-state index contributed by atoms with van der Waals surface area (Å²) in [5.41, 5.74) is 0. The lowest BCUT2D eigenvalue weighted by atomic mass is 10.2. The van der Waals surface area contributed by atoms with Gasteiger partial charge in [-0.15, -0.1) is 0 Å². The SMILES string of the molecule is CCCNC(=O)CCN1CCN(c2ccccn2)CC1. The molecule has 0 unspecified atom stereocenters. The standard InChI is InChI=1S/C15H24N4O/c1-2-7-17-15(20)6-9-18-10-12-19(13-11-18)14-5-3-4-8-16-14/h3-5,8H,2,6-7,9-13H2,1H3,(H,17,20). The van der Waals surface area contributed by atoms with Crippen LogP contribution in [-0.2, 0) is 4.79 Å². The van der Waals surface area contributed by atoms with Crippen LogP contribution in [0.25, 0.3) is 0 Å². The molecule has 110 valence electrons. The number of pyridine rings is 1. The van der Waals surface area contributed by atoms with Gasteiger partial charge in [0.2, 0.25) is 5.91 Å². The van der Waals surface area contributed by atoms with Crippen LogP contribution in [0.4, 0.5) is 5.82 Å². The van der Waals surface area contributed by atoms with E-state index in [9.17, 15) is 4.79 Å². The molecule has 1 aromatic heterocycles. The second-order valence-electron chi connectivity index (χ2n) is 5.12. The average Bonchev–Trinajstić information content (AvgIpc) is 2.52. The summed E-state index contributed by atoms with van der Waals surface area (Å²) in [5.74, 6) is 1.21. The van der Waals surface area contributed by atoms with Crippen LogP contribution in [0.3, 0.4) is 0 Å². The first-order chi connectivity index (χ1) is 9.79. The van der Waals surface area contributed by atoms with Crippen LogP contribution in [0.1, 0.15) is 19.8 Å². The van der Waals surface area contributed by atoms with Crippen LogP contribution < -0.4 is 10.2 Å². The number of carbonyl (C=O) groups excluding carboxylic acids is 1. The summed E-state index contributed by atoms with van der Waals surface area (Å²) >= 11 is 0. The van der Waals surface area contributed by atoms with E-state index in [-0.39, 0.29) is 5.91 Å². The van der Waals surface area contributed by atoms with Crippen molar-refractivity contribution in [2.45, 2.75) is 19.8 Å². The molecule has 1 N–H and O–H groups in total. The number of hydrogen-bond donors (Lipinski definition) is 1. The Morgan fingerprint density at radius 3 is 2.75 bits per heavy atom. The van der Waals surface area contributed by atoms with E-state index in [2.05, 4.69) is 27.0 Å². The highest BCUT2D eigenvalue weighted by Gasteiger charge is 2.18. The number of rotatable bonds is 6. The molecule has 0 saturated carbocycles. The van der Waals surface area contributed by atoms with Crippen molar-refractivity contribution in [1.29, 1.82) is 0 Å². The third-order valence-electron chi connectivity index (χ3n) is 3.57. The molecule has 0 radical (unpaired) electrons. The number of nitrogens with zero attached hydrogens (tertiary/aromatic N) is 3. The van der Waals surface area contributed by atoms with E-state index < -0.39 is 0 Å². The highest BCUT2D eigenvalue weighted by Crippen LogP contribution is 2.12. The van der Waals surface area contributed by atoms with Gasteiger partial charge in [-0.2, -0.15) is 0 Å². The molecule has 0 aliphatic carbocycles. The molecule has 1 aliphatic heterocycles. The third kappa shape index (κ3) is 4.49. The van der Waals surface area contributed by atoms with E-state index in [4.69, 9.17) is 0 Å². The lowest BCUT2D eigenvalue weighted by Gasteiger charge is -2.35. The molecule has 1 saturated heterocycles. The van der Waals surface area contributed by atoms with Crippen molar-refractivity contribution in [1.82, 2.24) is 15.2 Å². The summed E-state index contributed by atoms with van der Waals surface area (Å²) in [7, 11) is 0. The highest BCUT2D eigenvalue weighted by molar-refractivity contribution is 5.76. The third-order valence-corrected chi connectivity index (χ3v) is 3.57. The Balaban J connectivity index is 1.68. The van der Waals surface area contributed by atoms with Crippen LogP contribution >= 0.6 is 0 Å². The Morgan fingerprint density at radius 1 is 1.30 bits per heavy atom. The van der Waals surface area contributed by atoms with Gasteiger partial charge in [-0.3, -0.25) is 9.69 Å². The minimum absolute atomic E-state index is 0.166. The first kappa shape index (κ1) is 14.8.